The molecule has 7 heteroatoms. The predicted octanol–water partition coefficient (Wildman–Crippen LogP) is 1.76. The van der Waals surface area contributed by atoms with E-state index < -0.39 is 11.9 Å². The van der Waals surface area contributed by atoms with Crippen molar-refractivity contribution in [2.45, 2.75) is 18.9 Å². The van der Waals surface area contributed by atoms with Crippen molar-refractivity contribution in [3.63, 3.8) is 0 Å². The zero-order valence-corrected chi connectivity index (χ0v) is 12.5. The van der Waals surface area contributed by atoms with Gasteiger partial charge in [0.1, 0.15) is 23.4 Å². The molecule has 0 unspecified atom stereocenters. The SMILES string of the molecule is NC(=O)c1cc(OC2CCN(c3cccc(F)n3)CC2)ccn1. The monoisotopic (exact) mass is 316 g/mol. The Morgan fingerprint density at radius 1 is 1.30 bits per heavy atom. The van der Waals surface area contributed by atoms with Gasteiger partial charge < -0.3 is 15.4 Å². The Morgan fingerprint density at radius 3 is 2.78 bits per heavy atom. The van der Waals surface area contributed by atoms with Crippen LogP contribution in [0.25, 0.3) is 0 Å². The Morgan fingerprint density at radius 2 is 2.09 bits per heavy atom. The van der Waals surface area contributed by atoms with Gasteiger partial charge in [0.2, 0.25) is 5.95 Å². The summed E-state index contributed by atoms with van der Waals surface area (Å²) in [7, 11) is 0. The predicted molar refractivity (Wildman–Crippen MR) is 82.8 cm³/mol. The number of amides is 1. The van der Waals surface area contributed by atoms with Crippen LogP contribution in [0.15, 0.2) is 36.5 Å². The number of nitrogens with zero attached hydrogens (tertiary/aromatic N) is 3. The van der Waals surface area contributed by atoms with Gasteiger partial charge in [-0.25, -0.2) is 4.98 Å². The molecule has 1 saturated heterocycles. The summed E-state index contributed by atoms with van der Waals surface area (Å²) in [6.07, 6.45) is 3.10. The zero-order chi connectivity index (χ0) is 16.2. The summed E-state index contributed by atoms with van der Waals surface area (Å²) in [5.74, 6) is 0.165. The number of carbonyl (C=O) groups excluding carboxylic acids is 1. The van der Waals surface area contributed by atoms with Crippen LogP contribution in [0.5, 0.6) is 5.75 Å². The molecule has 0 bridgehead atoms. The van der Waals surface area contributed by atoms with Crippen LogP contribution in [0.3, 0.4) is 0 Å². The van der Waals surface area contributed by atoms with Gasteiger partial charge in [-0.3, -0.25) is 9.78 Å². The summed E-state index contributed by atoms with van der Waals surface area (Å²) in [4.78, 5) is 20.9. The Kier molecular flexibility index (Phi) is 4.36. The molecule has 3 heterocycles. The minimum Gasteiger partial charge on any atom is -0.490 e. The summed E-state index contributed by atoms with van der Waals surface area (Å²) < 4.78 is 19.1. The van der Waals surface area contributed by atoms with Crippen LogP contribution in [-0.4, -0.2) is 35.1 Å². The molecule has 0 aliphatic carbocycles. The van der Waals surface area contributed by atoms with Crippen molar-refractivity contribution >= 4 is 11.7 Å². The summed E-state index contributed by atoms with van der Waals surface area (Å²) in [5, 5.41) is 0. The summed E-state index contributed by atoms with van der Waals surface area (Å²) in [5.41, 5.74) is 5.39. The van der Waals surface area contributed by atoms with Gasteiger partial charge in [0.05, 0.1) is 0 Å². The maximum atomic E-state index is 13.2. The first-order chi connectivity index (χ1) is 11.1. The molecule has 1 aliphatic heterocycles. The van der Waals surface area contributed by atoms with Crippen molar-refractivity contribution in [2.24, 2.45) is 5.73 Å². The molecular weight excluding hydrogens is 299 g/mol. The third-order valence-electron chi connectivity index (χ3n) is 3.75. The fraction of sp³-hybridized carbons (Fsp3) is 0.312. The maximum absolute atomic E-state index is 13.2. The van der Waals surface area contributed by atoms with Crippen LogP contribution in [0.4, 0.5) is 10.2 Å². The highest BCUT2D eigenvalue weighted by molar-refractivity contribution is 5.91. The largest absolute Gasteiger partial charge is 0.490 e. The van der Waals surface area contributed by atoms with E-state index in [9.17, 15) is 9.18 Å². The number of piperidine rings is 1. The van der Waals surface area contributed by atoms with E-state index in [-0.39, 0.29) is 11.8 Å². The smallest absolute Gasteiger partial charge is 0.267 e. The normalized spacial score (nSPS) is 15.4. The van der Waals surface area contributed by atoms with Gasteiger partial charge in [-0.05, 0) is 18.2 Å². The highest BCUT2D eigenvalue weighted by Gasteiger charge is 2.22. The molecule has 120 valence electrons. The molecule has 1 fully saturated rings. The van der Waals surface area contributed by atoms with Crippen LogP contribution < -0.4 is 15.4 Å². The molecule has 3 rings (SSSR count). The number of pyridine rings is 2. The fourth-order valence-electron chi connectivity index (χ4n) is 2.59. The van der Waals surface area contributed by atoms with Crippen LogP contribution in [-0.2, 0) is 0 Å². The lowest BCUT2D eigenvalue weighted by Crippen LogP contribution is -2.38. The van der Waals surface area contributed by atoms with Crippen molar-refractivity contribution in [1.29, 1.82) is 0 Å². The lowest BCUT2D eigenvalue weighted by atomic mass is 10.1. The van der Waals surface area contributed by atoms with E-state index in [1.54, 1.807) is 24.3 Å². The number of hydrogen-bond donors (Lipinski definition) is 1. The van der Waals surface area contributed by atoms with E-state index in [1.165, 1.54) is 12.3 Å². The first-order valence-corrected chi connectivity index (χ1v) is 7.42. The molecule has 0 atom stereocenters. The van der Waals surface area contributed by atoms with Gasteiger partial charge in [0, 0.05) is 38.2 Å². The number of hydrogen-bond acceptors (Lipinski definition) is 5. The molecule has 2 N–H and O–H groups in total. The molecule has 1 amide bonds. The number of halogens is 1. The molecule has 0 saturated carbocycles. The third-order valence-corrected chi connectivity index (χ3v) is 3.75. The Balaban J connectivity index is 1.59. The number of rotatable bonds is 4. The number of carbonyl (C=O) groups is 1. The van der Waals surface area contributed by atoms with Crippen LogP contribution in [0.2, 0.25) is 0 Å². The summed E-state index contributed by atoms with van der Waals surface area (Å²) in [6, 6.07) is 8.03. The van der Waals surface area contributed by atoms with Gasteiger partial charge in [-0.1, -0.05) is 6.07 Å². The average Bonchev–Trinajstić information content (AvgIpc) is 2.56. The zero-order valence-electron chi connectivity index (χ0n) is 12.5. The molecule has 0 radical (unpaired) electrons. The van der Waals surface area contributed by atoms with E-state index >= 15 is 0 Å². The van der Waals surface area contributed by atoms with Crippen molar-refractivity contribution in [2.75, 3.05) is 18.0 Å². The van der Waals surface area contributed by atoms with Crippen molar-refractivity contribution in [3.8, 4) is 5.75 Å². The Hall–Kier alpha value is -2.70. The summed E-state index contributed by atoms with van der Waals surface area (Å²) in [6.45, 7) is 1.46. The number of primary amides is 1. The number of nitrogens with two attached hydrogens (primary N) is 1. The topological polar surface area (TPSA) is 81.3 Å². The van der Waals surface area contributed by atoms with Crippen molar-refractivity contribution < 1.29 is 13.9 Å². The number of ether oxygens (including phenoxy) is 1. The highest BCUT2D eigenvalue weighted by Crippen LogP contribution is 2.22. The third kappa shape index (κ3) is 3.74. The van der Waals surface area contributed by atoms with E-state index in [4.69, 9.17) is 10.5 Å². The minimum absolute atomic E-state index is 0.0305. The molecule has 0 aromatic carbocycles. The molecule has 6 nitrogen and oxygen atoms in total. The average molecular weight is 316 g/mol. The molecule has 23 heavy (non-hydrogen) atoms. The van der Waals surface area contributed by atoms with Gasteiger partial charge in [-0.15, -0.1) is 0 Å². The van der Waals surface area contributed by atoms with E-state index in [2.05, 4.69) is 9.97 Å². The standard InChI is InChI=1S/C16H17FN4O2/c17-14-2-1-3-15(20-14)21-8-5-11(6-9-21)23-12-4-7-19-13(10-12)16(18)22/h1-4,7,10-11H,5-6,8-9H2,(H2,18,22). The number of aromatic nitrogens is 2. The highest BCUT2D eigenvalue weighted by atomic mass is 19.1. The van der Waals surface area contributed by atoms with E-state index in [1.807, 2.05) is 4.90 Å². The molecule has 0 spiro atoms. The minimum atomic E-state index is -0.581. The number of anilines is 1. The molecular formula is C16H17FN4O2. The van der Waals surface area contributed by atoms with Crippen molar-refractivity contribution in [3.05, 3.63) is 48.2 Å². The first kappa shape index (κ1) is 15.2. The van der Waals surface area contributed by atoms with Crippen LogP contribution in [0, 0.1) is 5.95 Å². The van der Waals surface area contributed by atoms with E-state index in [0.717, 1.165) is 25.9 Å². The fourth-order valence-corrected chi connectivity index (χ4v) is 2.59. The second kappa shape index (κ2) is 6.60. The van der Waals surface area contributed by atoms with Crippen molar-refractivity contribution in [1.82, 2.24) is 9.97 Å². The Labute approximate surface area is 133 Å². The molecule has 2 aromatic heterocycles. The molecule has 2 aromatic rings. The van der Waals surface area contributed by atoms with Gasteiger partial charge in [0.15, 0.2) is 0 Å². The van der Waals surface area contributed by atoms with Gasteiger partial charge in [0.25, 0.3) is 5.91 Å². The lowest BCUT2D eigenvalue weighted by molar-refractivity contribution is 0.0994. The lowest BCUT2D eigenvalue weighted by Gasteiger charge is -2.32. The van der Waals surface area contributed by atoms with Gasteiger partial charge >= 0.3 is 0 Å². The summed E-state index contributed by atoms with van der Waals surface area (Å²) >= 11 is 0. The second-order valence-corrected chi connectivity index (χ2v) is 5.36. The van der Waals surface area contributed by atoms with Crippen LogP contribution in [0.1, 0.15) is 23.3 Å². The quantitative estimate of drug-likeness (QED) is 0.869. The van der Waals surface area contributed by atoms with E-state index in [0.29, 0.717) is 11.6 Å². The molecule has 1 aliphatic rings. The van der Waals surface area contributed by atoms with Crippen LogP contribution >= 0.6 is 0 Å². The maximum Gasteiger partial charge on any atom is 0.267 e. The first-order valence-electron chi connectivity index (χ1n) is 7.42. The van der Waals surface area contributed by atoms with Gasteiger partial charge in [-0.2, -0.15) is 4.39 Å². The Bertz CT molecular complexity index is 702. The second-order valence-electron chi connectivity index (χ2n) is 5.36.